The van der Waals surface area contributed by atoms with Gasteiger partial charge in [0.05, 0.1) is 0 Å². The second kappa shape index (κ2) is 4.66. The summed E-state index contributed by atoms with van der Waals surface area (Å²) in [5, 5.41) is 0. The molecule has 0 atom stereocenters. The molecule has 0 saturated carbocycles. The predicted molar refractivity (Wildman–Crippen MR) is 67.7 cm³/mol. The van der Waals surface area contributed by atoms with E-state index < -0.39 is 0 Å². The highest BCUT2D eigenvalue weighted by atomic mass is 79.9. The highest BCUT2D eigenvalue weighted by Gasteiger charge is 2.01. The van der Waals surface area contributed by atoms with E-state index in [-0.39, 0.29) is 5.78 Å². The minimum Gasteiger partial charge on any atom is -0.349 e. The molecule has 82 valence electrons. The summed E-state index contributed by atoms with van der Waals surface area (Å²) in [4.78, 5) is 11.1. The molecule has 2 nitrogen and oxygen atoms in total. The highest BCUT2D eigenvalue weighted by Crippen LogP contribution is 2.12. The Hall–Kier alpha value is -1.35. The lowest BCUT2D eigenvalue weighted by Gasteiger charge is -2.02. The number of nitrogens with zero attached hydrogens (tertiary/aromatic N) is 1. The fraction of sp³-hybridized carbons (Fsp3) is 0.154. The van der Waals surface area contributed by atoms with Crippen LogP contribution >= 0.6 is 15.9 Å². The maximum atomic E-state index is 11.1. The molecule has 2 aromatic rings. The van der Waals surface area contributed by atoms with E-state index in [2.05, 4.69) is 28.1 Å². The molecule has 1 aromatic carbocycles. The fourth-order valence-corrected chi connectivity index (χ4v) is 1.81. The molecule has 0 unspecified atom stereocenters. The van der Waals surface area contributed by atoms with Crippen LogP contribution < -0.4 is 0 Å². The number of ketones is 1. The zero-order valence-corrected chi connectivity index (χ0v) is 10.6. The van der Waals surface area contributed by atoms with Crippen LogP contribution in [0.1, 0.15) is 22.8 Å². The summed E-state index contributed by atoms with van der Waals surface area (Å²) in [6, 6.07) is 10.0. The highest BCUT2D eigenvalue weighted by molar-refractivity contribution is 9.10. The monoisotopic (exact) mass is 277 g/mol. The summed E-state index contributed by atoms with van der Waals surface area (Å²) in [6.07, 6.45) is 3.81. The van der Waals surface area contributed by atoms with E-state index in [0.717, 1.165) is 16.6 Å². The third-order valence-electron chi connectivity index (χ3n) is 2.44. The van der Waals surface area contributed by atoms with E-state index in [0.29, 0.717) is 0 Å². The van der Waals surface area contributed by atoms with Crippen LogP contribution in [0.4, 0.5) is 0 Å². The standard InChI is InChI=1S/C13H12BrNO/c1-10(16)12-6-7-15(9-12)8-11-2-4-13(14)5-3-11/h2-7,9H,8H2,1H3. The Balaban J connectivity index is 2.14. The second-order valence-corrected chi connectivity index (χ2v) is 4.67. The van der Waals surface area contributed by atoms with Crippen molar-refractivity contribution in [3.05, 3.63) is 58.3 Å². The molecule has 0 fully saturated rings. The van der Waals surface area contributed by atoms with E-state index >= 15 is 0 Å². The average molecular weight is 278 g/mol. The van der Waals surface area contributed by atoms with Gasteiger partial charge in [0.25, 0.3) is 0 Å². The normalized spacial score (nSPS) is 10.4. The Kier molecular flexibility index (Phi) is 3.25. The average Bonchev–Trinajstić information content (AvgIpc) is 2.70. The molecule has 0 N–H and O–H groups in total. The fourth-order valence-electron chi connectivity index (χ4n) is 1.55. The third-order valence-corrected chi connectivity index (χ3v) is 2.96. The Morgan fingerprint density at radius 1 is 1.25 bits per heavy atom. The van der Waals surface area contributed by atoms with Crippen molar-refractivity contribution in [2.24, 2.45) is 0 Å². The first-order valence-electron chi connectivity index (χ1n) is 5.06. The van der Waals surface area contributed by atoms with Crippen molar-refractivity contribution in [1.82, 2.24) is 4.57 Å². The molecular formula is C13H12BrNO. The quantitative estimate of drug-likeness (QED) is 0.787. The molecule has 1 aromatic heterocycles. The Morgan fingerprint density at radius 2 is 1.94 bits per heavy atom. The summed E-state index contributed by atoms with van der Waals surface area (Å²) in [6.45, 7) is 2.37. The first kappa shape index (κ1) is 11.1. The van der Waals surface area contributed by atoms with Gasteiger partial charge in [0.1, 0.15) is 0 Å². The minimum atomic E-state index is 0.106. The number of halogens is 1. The number of Topliss-reactive ketones (excluding diaryl/α,β-unsaturated/α-hetero) is 1. The van der Waals surface area contributed by atoms with Gasteiger partial charge in [-0.05, 0) is 30.7 Å². The second-order valence-electron chi connectivity index (χ2n) is 3.76. The lowest BCUT2D eigenvalue weighted by atomic mass is 10.2. The topological polar surface area (TPSA) is 22.0 Å². The third kappa shape index (κ3) is 2.61. The molecule has 0 bridgehead atoms. The lowest BCUT2D eigenvalue weighted by Crippen LogP contribution is -1.96. The van der Waals surface area contributed by atoms with E-state index in [4.69, 9.17) is 0 Å². The molecule has 0 aliphatic carbocycles. The summed E-state index contributed by atoms with van der Waals surface area (Å²) in [5.41, 5.74) is 1.98. The molecule has 0 aliphatic heterocycles. The van der Waals surface area contributed by atoms with Crippen molar-refractivity contribution in [3.63, 3.8) is 0 Å². The number of carbonyl (C=O) groups is 1. The first-order valence-corrected chi connectivity index (χ1v) is 5.85. The van der Waals surface area contributed by atoms with Crippen molar-refractivity contribution in [1.29, 1.82) is 0 Å². The number of carbonyl (C=O) groups excluding carboxylic acids is 1. The molecular weight excluding hydrogens is 266 g/mol. The van der Waals surface area contributed by atoms with E-state index in [1.807, 2.05) is 35.2 Å². The number of hydrogen-bond acceptors (Lipinski definition) is 1. The van der Waals surface area contributed by atoms with Crippen LogP contribution in [0, 0.1) is 0 Å². The molecule has 0 aliphatic rings. The van der Waals surface area contributed by atoms with E-state index in [1.54, 1.807) is 6.92 Å². The largest absolute Gasteiger partial charge is 0.349 e. The van der Waals surface area contributed by atoms with Crippen LogP contribution in [-0.4, -0.2) is 10.4 Å². The molecule has 2 rings (SSSR count). The molecule has 0 radical (unpaired) electrons. The molecule has 3 heteroatoms. The van der Waals surface area contributed by atoms with E-state index in [1.165, 1.54) is 5.56 Å². The number of aromatic nitrogens is 1. The van der Waals surface area contributed by atoms with Gasteiger partial charge in [0.2, 0.25) is 0 Å². The number of hydrogen-bond donors (Lipinski definition) is 0. The molecule has 0 spiro atoms. The van der Waals surface area contributed by atoms with E-state index in [9.17, 15) is 4.79 Å². The lowest BCUT2D eigenvalue weighted by molar-refractivity contribution is 0.101. The van der Waals surface area contributed by atoms with Crippen molar-refractivity contribution in [3.8, 4) is 0 Å². The molecule has 0 amide bonds. The van der Waals surface area contributed by atoms with Crippen LogP contribution in [0.15, 0.2) is 47.2 Å². The van der Waals surface area contributed by atoms with Crippen molar-refractivity contribution >= 4 is 21.7 Å². The van der Waals surface area contributed by atoms with Gasteiger partial charge in [-0.3, -0.25) is 4.79 Å². The molecule has 1 heterocycles. The van der Waals surface area contributed by atoms with Crippen LogP contribution in [0.2, 0.25) is 0 Å². The van der Waals surface area contributed by atoms with Gasteiger partial charge >= 0.3 is 0 Å². The van der Waals surface area contributed by atoms with Gasteiger partial charge in [0, 0.05) is 29.0 Å². The summed E-state index contributed by atoms with van der Waals surface area (Å²) >= 11 is 3.40. The number of rotatable bonds is 3. The Morgan fingerprint density at radius 3 is 2.50 bits per heavy atom. The van der Waals surface area contributed by atoms with Gasteiger partial charge in [-0.1, -0.05) is 28.1 Å². The molecule has 0 saturated heterocycles. The van der Waals surface area contributed by atoms with Crippen LogP contribution in [0.5, 0.6) is 0 Å². The maximum absolute atomic E-state index is 11.1. The zero-order chi connectivity index (χ0) is 11.5. The van der Waals surface area contributed by atoms with Gasteiger partial charge in [-0.15, -0.1) is 0 Å². The predicted octanol–water partition coefficient (Wildman–Crippen LogP) is 3.50. The van der Waals surface area contributed by atoms with Gasteiger partial charge in [-0.25, -0.2) is 0 Å². The Labute approximate surface area is 103 Å². The SMILES string of the molecule is CC(=O)c1ccn(Cc2ccc(Br)cc2)c1. The summed E-state index contributed by atoms with van der Waals surface area (Å²) in [7, 11) is 0. The first-order chi connectivity index (χ1) is 7.65. The smallest absolute Gasteiger partial charge is 0.161 e. The van der Waals surface area contributed by atoms with Crippen LogP contribution in [0.3, 0.4) is 0 Å². The van der Waals surface area contributed by atoms with Crippen LogP contribution in [0.25, 0.3) is 0 Å². The van der Waals surface area contributed by atoms with Crippen LogP contribution in [-0.2, 0) is 6.54 Å². The van der Waals surface area contributed by atoms with Crippen molar-refractivity contribution < 1.29 is 4.79 Å². The molecule has 16 heavy (non-hydrogen) atoms. The minimum absolute atomic E-state index is 0.106. The van der Waals surface area contributed by atoms with Gasteiger partial charge in [-0.2, -0.15) is 0 Å². The summed E-state index contributed by atoms with van der Waals surface area (Å²) < 4.78 is 3.09. The maximum Gasteiger partial charge on any atom is 0.161 e. The van der Waals surface area contributed by atoms with Gasteiger partial charge in [0.15, 0.2) is 5.78 Å². The zero-order valence-electron chi connectivity index (χ0n) is 8.98. The van der Waals surface area contributed by atoms with Gasteiger partial charge < -0.3 is 4.57 Å². The van der Waals surface area contributed by atoms with Crippen molar-refractivity contribution in [2.75, 3.05) is 0 Å². The number of benzene rings is 1. The summed E-state index contributed by atoms with van der Waals surface area (Å²) in [5.74, 6) is 0.106. The Bertz CT molecular complexity index is 499. The van der Waals surface area contributed by atoms with Crippen molar-refractivity contribution in [2.45, 2.75) is 13.5 Å².